The average molecular weight is 377 g/mol. The molecule has 2 atom stereocenters. The van der Waals surface area contributed by atoms with Crippen LogP contribution in [0.3, 0.4) is 0 Å². The van der Waals surface area contributed by atoms with Gasteiger partial charge < -0.3 is 10.6 Å². The van der Waals surface area contributed by atoms with Crippen molar-refractivity contribution in [3.63, 3.8) is 0 Å². The van der Waals surface area contributed by atoms with E-state index in [1.807, 2.05) is 13.8 Å². The molecule has 4 N–H and O–H groups in total. The number of nitrogens with one attached hydrogen (secondary N) is 4. The van der Waals surface area contributed by atoms with Gasteiger partial charge in [-0.2, -0.15) is 5.10 Å². The molecule has 8 nitrogen and oxygen atoms in total. The highest BCUT2D eigenvalue weighted by Crippen LogP contribution is 2.19. The van der Waals surface area contributed by atoms with Gasteiger partial charge in [-0.25, -0.2) is 9.48 Å². The van der Waals surface area contributed by atoms with E-state index < -0.39 is 12.3 Å². The molecule has 26 heavy (non-hydrogen) atoms. The van der Waals surface area contributed by atoms with E-state index in [9.17, 15) is 9.59 Å². The molecule has 0 aliphatic carbocycles. The summed E-state index contributed by atoms with van der Waals surface area (Å²) in [5.74, 6) is 0.416. The molecule has 2 heterocycles. The standard InChI is InChI=1S/C17H21ClN6O2/c1-3-12-9-15(25)22-16(19-12)24-14(7-10(2)23-24)21-17(26)20-13-6-4-5-11(18)8-13/h4-8,12,16,19H,3,9H2,1-2H3,(H,22,25)(H2,20,21,26). The van der Waals surface area contributed by atoms with Crippen LogP contribution in [0.1, 0.15) is 31.7 Å². The van der Waals surface area contributed by atoms with Crippen molar-refractivity contribution < 1.29 is 9.59 Å². The Hall–Kier alpha value is -2.58. The van der Waals surface area contributed by atoms with E-state index in [4.69, 9.17) is 11.6 Å². The highest BCUT2D eigenvalue weighted by atomic mass is 35.5. The number of rotatable bonds is 4. The minimum absolute atomic E-state index is 0.0527. The molecule has 1 saturated heterocycles. The van der Waals surface area contributed by atoms with Gasteiger partial charge in [-0.15, -0.1) is 0 Å². The fraction of sp³-hybridized carbons (Fsp3) is 0.353. The predicted octanol–water partition coefficient (Wildman–Crippen LogP) is 2.83. The largest absolute Gasteiger partial charge is 0.324 e. The Kier molecular flexibility index (Phi) is 5.43. The number of amides is 3. The maximum atomic E-state index is 12.3. The van der Waals surface area contributed by atoms with Gasteiger partial charge in [-0.3, -0.25) is 15.4 Å². The maximum absolute atomic E-state index is 12.3. The summed E-state index contributed by atoms with van der Waals surface area (Å²) in [6.07, 6.45) is 0.726. The van der Waals surface area contributed by atoms with Crippen molar-refractivity contribution in [3.05, 3.63) is 41.0 Å². The molecule has 1 aromatic carbocycles. The van der Waals surface area contributed by atoms with E-state index in [-0.39, 0.29) is 11.9 Å². The van der Waals surface area contributed by atoms with Gasteiger partial charge in [0.05, 0.1) is 5.69 Å². The molecule has 9 heteroatoms. The first-order valence-corrected chi connectivity index (χ1v) is 8.77. The summed E-state index contributed by atoms with van der Waals surface area (Å²) in [5.41, 5.74) is 1.30. The molecule has 3 rings (SSSR count). The Morgan fingerprint density at radius 1 is 1.38 bits per heavy atom. The Morgan fingerprint density at radius 2 is 2.19 bits per heavy atom. The fourth-order valence-corrected chi connectivity index (χ4v) is 3.00. The zero-order chi connectivity index (χ0) is 18.7. The van der Waals surface area contributed by atoms with Crippen molar-refractivity contribution >= 4 is 35.0 Å². The van der Waals surface area contributed by atoms with Crippen molar-refractivity contribution in [2.75, 3.05) is 10.6 Å². The number of aromatic nitrogens is 2. The van der Waals surface area contributed by atoms with Crippen molar-refractivity contribution in [2.24, 2.45) is 0 Å². The van der Waals surface area contributed by atoms with Gasteiger partial charge in [0, 0.05) is 29.2 Å². The van der Waals surface area contributed by atoms with E-state index in [0.29, 0.717) is 22.9 Å². The summed E-state index contributed by atoms with van der Waals surface area (Å²) in [7, 11) is 0. The molecule has 0 spiro atoms. The number of nitrogens with zero attached hydrogens (tertiary/aromatic N) is 2. The lowest BCUT2D eigenvalue weighted by atomic mass is 10.1. The van der Waals surface area contributed by atoms with Crippen LogP contribution in [0.5, 0.6) is 0 Å². The van der Waals surface area contributed by atoms with Gasteiger partial charge in [0.15, 0.2) is 6.29 Å². The number of carbonyl (C=O) groups excluding carboxylic acids is 2. The first kappa shape index (κ1) is 18.2. The van der Waals surface area contributed by atoms with Crippen molar-refractivity contribution in [1.29, 1.82) is 0 Å². The molecule has 0 radical (unpaired) electrons. The van der Waals surface area contributed by atoms with Gasteiger partial charge in [-0.1, -0.05) is 24.6 Å². The molecule has 0 saturated carbocycles. The van der Waals surface area contributed by atoms with Crippen LogP contribution in [-0.4, -0.2) is 27.8 Å². The zero-order valence-electron chi connectivity index (χ0n) is 14.5. The normalized spacial score (nSPS) is 19.7. The Balaban J connectivity index is 1.74. The molecule has 1 aromatic heterocycles. The van der Waals surface area contributed by atoms with Gasteiger partial charge >= 0.3 is 6.03 Å². The number of anilines is 2. The van der Waals surface area contributed by atoms with Crippen LogP contribution in [0.25, 0.3) is 0 Å². The Bertz CT molecular complexity index is 821. The van der Waals surface area contributed by atoms with E-state index in [2.05, 4.69) is 26.4 Å². The van der Waals surface area contributed by atoms with E-state index in [0.717, 1.165) is 12.1 Å². The molecule has 1 fully saturated rings. The van der Waals surface area contributed by atoms with Crippen LogP contribution in [0.2, 0.25) is 5.02 Å². The van der Waals surface area contributed by atoms with Gasteiger partial charge in [0.25, 0.3) is 0 Å². The van der Waals surface area contributed by atoms with Crippen molar-refractivity contribution in [1.82, 2.24) is 20.4 Å². The SMILES string of the molecule is CCC1CC(=O)NC(n2nc(C)cc2NC(=O)Nc2cccc(Cl)c2)N1. The smallest absolute Gasteiger partial charge is 0.322 e. The summed E-state index contributed by atoms with van der Waals surface area (Å²) in [6.45, 7) is 3.83. The topological polar surface area (TPSA) is 100 Å². The molecule has 0 bridgehead atoms. The molecular formula is C17H21ClN6O2. The third-order valence-electron chi connectivity index (χ3n) is 4.04. The molecule has 3 amide bonds. The number of halogens is 1. The fourth-order valence-electron chi connectivity index (χ4n) is 2.80. The summed E-state index contributed by atoms with van der Waals surface area (Å²) in [5, 5.41) is 16.6. The molecule has 2 unspecified atom stereocenters. The van der Waals surface area contributed by atoms with Crippen molar-refractivity contribution in [3.8, 4) is 0 Å². The van der Waals surface area contributed by atoms with Crippen LogP contribution in [0.15, 0.2) is 30.3 Å². The third-order valence-corrected chi connectivity index (χ3v) is 4.28. The number of aryl methyl sites for hydroxylation is 1. The second-order valence-corrected chi connectivity index (χ2v) is 6.59. The molecule has 1 aliphatic rings. The number of hydrogen-bond acceptors (Lipinski definition) is 4. The zero-order valence-corrected chi connectivity index (χ0v) is 15.3. The number of benzene rings is 1. The average Bonchev–Trinajstić information content (AvgIpc) is 2.94. The van der Waals surface area contributed by atoms with E-state index >= 15 is 0 Å². The minimum atomic E-state index is -0.517. The van der Waals surface area contributed by atoms with Crippen LogP contribution in [0, 0.1) is 6.92 Å². The summed E-state index contributed by atoms with van der Waals surface area (Å²) in [4.78, 5) is 24.2. The summed E-state index contributed by atoms with van der Waals surface area (Å²) < 4.78 is 1.56. The number of carbonyl (C=O) groups is 2. The Labute approximate surface area is 156 Å². The molecule has 138 valence electrons. The first-order chi connectivity index (χ1) is 12.4. The lowest BCUT2D eigenvalue weighted by Gasteiger charge is -2.31. The molecule has 2 aromatic rings. The first-order valence-electron chi connectivity index (χ1n) is 8.39. The van der Waals surface area contributed by atoms with E-state index in [1.165, 1.54) is 0 Å². The molecule has 1 aliphatic heterocycles. The maximum Gasteiger partial charge on any atom is 0.324 e. The number of urea groups is 1. The van der Waals surface area contributed by atoms with Gasteiger partial charge in [-0.05, 0) is 31.5 Å². The van der Waals surface area contributed by atoms with Crippen LogP contribution < -0.4 is 21.3 Å². The summed E-state index contributed by atoms with van der Waals surface area (Å²) in [6, 6.07) is 8.24. The third kappa shape index (κ3) is 4.33. The monoisotopic (exact) mass is 376 g/mol. The van der Waals surface area contributed by atoms with Crippen LogP contribution >= 0.6 is 11.6 Å². The van der Waals surface area contributed by atoms with Crippen LogP contribution in [-0.2, 0) is 4.79 Å². The summed E-state index contributed by atoms with van der Waals surface area (Å²) >= 11 is 5.93. The number of hydrogen-bond donors (Lipinski definition) is 4. The highest BCUT2D eigenvalue weighted by Gasteiger charge is 2.28. The van der Waals surface area contributed by atoms with Crippen LogP contribution in [0.4, 0.5) is 16.3 Å². The van der Waals surface area contributed by atoms with Gasteiger partial charge in [0.2, 0.25) is 5.91 Å². The van der Waals surface area contributed by atoms with Gasteiger partial charge in [0.1, 0.15) is 5.82 Å². The highest BCUT2D eigenvalue weighted by molar-refractivity contribution is 6.30. The second kappa shape index (κ2) is 7.76. The van der Waals surface area contributed by atoms with Crippen molar-refractivity contribution in [2.45, 2.75) is 39.0 Å². The quantitative estimate of drug-likeness (QED) is 0.659. The lowest BCUT2D eigenvalue weighted by molar-refractivity contribution is -0.125. The minimum Gasteiger partial charge on any atom is -0.322 e. The Morgan fingerprint density at radius 3 is 2.92 bits per heavy atom. The lowest BCUT2D eigenvalue weighted by Crippen LogP contribution is -2.53. The van der Waals surface area contributed by atoms with E-state index in [1.54, 1.807) is 35.0 Å². The predicted molar refractivity (Wildman–Crippen MR) is 100 cm³/mol. The molecular weight excluding hydrogens is 356 g/mol. The second-order valence-electron chi connectivity index (χ2n) is 6.15.